The summed E-state index contributed by atoms with van der Waals surface area (Å²) in [5.74, 6) is 1.31. The molecule has 0 atom stereocenters. The molecule has 0 aliphatic rings. The third kappa shape index (κ3) is 3.71. The fourth-order valence-corrected chi connectivity index (χ4v) is 2.65. The zero-order valence-electron chi connectivity index (χ0n) is 12.6. The van der Waals surface area contributed by atoms with Gasteiger partial charge in [-0.3, -0.25) is 4.79 Å². The maximum absolute atomic E-state index is 12.1. The fourth-order valence-electron chi connectivity index (χ4n) is 1.89. The minimum atomic E-state index is -0.355. The van der Waals surface area contributed by atoms with Crippen molar-refractivity contribution in [3.63, 3.8) is 0 Å². The second kappa shape index (κ2) is 6.41. The molecule has 0 spiro atoms. The van der Waals surface area contributed by atoms with E-state index in [-0.39, 0.29) is 11.4 Å². The predicted molar refractivity (Wildman–Crippen MR) is 84.4 cm³/mol. The van der Waals surface area contributed by atoms with Gasteiger partial charge in [0.15, 0.2) is 10.8 Å². The summed E-state index contributed by atoms with van der Waals surface area (Å²) >= 11 is 1.39. The smallest absolute Gasteiger partial charge is 0.270 e. The van der Waals surface area contributed by atoms with E-state index in [1.165, 1.54) is 11.3 Å². The number of hydrogen-bond donors (Lipinski definition) is 2. The van der Waals surface area contributed by atoms with Crippen LogP contribution >= 0.6 is 11.3 Å². The highest BCUT2D eigenvalue weighted by Gasteiger charge is 2.22. The molecular weight excluding hydrogens is 286 g/mol. The molecule has 0 aromatic carbocycles. The molecule has 21 heavy (non-hydrogen) atoms. The number of furan rings is 1. The Morgan fingerprint density at radius 3 is 2.71 bits per heavy atom. The first-order valence-electron chi connectivity index (χ1n) is 7.07. The summed E-state index contributed by atoms with van der Waals surface area (Å²) in [7, 11) is 0. The number of rotatable bonds is 6. The number of nitrogens with two attached hydrogens (primary N) is 1. The van der Waals surface area contributed by atoms with Gasteiger partial charge in [0.1, 0.15) is 11.5 Å². The van der Waals surface area contributed by atoms with Gasteiger partial charge in [-0.05, 0) is 31.9 Å². The molecule has 0 unspecified atom stereocenters. The number of thiazole rings is 1. The van der Waals surface area contributed by atoms with E-state index in [9.17, 15) is 4.79 Å². The first kappa shape index (κ1) is 15.7. The molecule has 0 bridgehead atoms. The van der Waals surface area contributed by atoms with Crippen molar-refractivity contribution in [2.24, 2.45) is 5.73 Å². The van der Waals surface area contributed by atoms with Crippen LogP contribution in [0.2, 0.25) is 0 Å². The topological polar surface area (TPSA) is 81.1 Å². The number of amides is 1. The summed E-state index contributed by atoms with van der Waals surface area (Å²) in [5.41, 5.74) is 6.22. The Bertz CT molecular complexity index is 614. The lowest BCUT2D eigenvalue weighted by Crippen LogP contribution is -2.49. The van der Waals surface area contributed by atoms with Gasteiger partial charge >= 0.3 is 0 Å². The normalized spacial score (nSPS) is 11.6. The van der Waals surface area contributed by atoms with E-state index in [0.29, 0.717) is 23.0 Å². The van der Waals surface area contributed by atoms with Crippen LogP contribution in [0.5, 0.6) is 0 Å². The van der Waals surface area contributed by atoms with Crippen molar-refractivity contribution in [2.75, 3.05) is 6.54 Å². The van der Waals surface area contributed by atoms with E-state index in [2.05, 4.69) is 10.3 Å². The van der Waals surface area contributed by atoms with Crippen molar-refractivity contribution in [1.29, 1.82) is 0 Å². The average Bonchev–Trinajstić information content (AvgIpc) is 3.13. The molecule has 114 valence electrons. The largest absolute Gasteiger partial charge is 0.459 e. The van der Waals surface area contributed by atoms with Gasteiger partial charge in [-0.15, -0.1) is 11.3 Å². The first-order valence-corrected chi connectivity index (χ1v) is 7.95. The van der Waals surface area contributed by atoms with Crippen molar-refractivity contribution >= 4 is 17.2 Å². The molecule has 2 aromatic heterocycles. The van der Waals surface area contributed by atoms with Gasteiger partial charge in [-0.1, -0.05) is 13.8 Å². The summed E-state index contributed by atoms with van der Waals surface area (Å²) in [6.45, 7) is 6.37. The molecule has 0 aliphatic carbocycles. The molecule has 2 heterocycles. The fraction of sp³-hybridized carbons (Fsp3) is 0.467. The van der Waals surface area contributed by atoms with Crippen molar-refractivity contribution in [2.45, 2.75) is 39.2 Å². The van der Waals surface area contributed by atoms with Gasteiger partial charge in [0.25, 0.3) is 5.91 Å². The number of nitrogens with zero attached hydrogens (tertiary/aromatic N) is 1. The number of aromatic nitrogens is 1. The quantitative estimate of drug-likeness (QED) is 0.859. The summed E-state index contributed by atoms with van der Waals surface area (Å²) in [6.07, 6.45) is 1.63. The van der Waals surface area contributed by atoms with Gasteiger partial charge in [-0.25, -0.2) is 4.98 Å². The van der Waals surface area contributed by atoms with Crippen LogP contribution in [0, 0.1) is 6.92 Å². The van der Waals surface area contributed by atoms with Crippen molar-refractivity contribution in [3.05, 3.63) is 29.0 Å². The van der Waals surface area contributed by atoms with E-state index >= 15 is 0 Å². The minimum Gasteiger partial charge on any atom is -0.459 e. The molecule has 3 N–H and O–H groups in total. The Balaban J connectivity index is 2.02. The van der Waals surface area contributed by atoms with E-state index in [1.807, 2.05) is 32.9 Å². The molecule has 6 heteroatoms. The van der Waals surface area contributed by atoms with Gasteiger partial charge in [0, 0.05) is 17.5 Å². The van der Waals surface area contributed by atoms with Crippen LogP contribution in [0.1, 0.15) is 42.9 Å². The molecule has 2 rings (SSSR count). The summed E-state index contributed by atoms with van der Waals surface area (Å²) in [6, 6.07) is 3.73. The number of hydrogen-bond acceptors (Lipinski definition) is 5. The van der Waals surface area contributed by atoms with Crippen molar-refractivity contribution in [3.8, 4) is 10.8 Å². The molecule has 5 nitrogen and oxygen atoms in total. The van der Waals surface area contributed by atoms with Crippen LogP contribution in [0.3, 0.4) is 0 Å². The van der Waals surface area contributed by atoms with E-state index in [0.717, 1.165) is 18.6 Å². The van der Waals surface area contributed by atoms with Crippen molar-refractivity contribution < 1.29 is 9.21 Å². The van der Waals surface area contributed by atoms with Crippen molar-refractivity contribution in [1.82, 2.24) is 10.3 Å². The number of carbonyl (C=O) groups excluding carboxylic acids is 1. The van der Waals surface area contributed by atoms with Gasteiger partial charge in [0.05, 0.1) is 0 Å². The highest BCUT2D eigenvalue weighted by molar-refractivity contribution is 7.13. The Morgan fingerprint density at radius 1 is 1.43 bits per heavy atom. The van der Waals surface area contributed by atoms with E-state index in [1.54, 1.807) is 5.38 Å². The third-order valence-corrected chi connectivity index (χ3v) is 4.55. The Labute approximate surface area is 128 Å². The summed E-state index contributed by atoms with van der Waals surface area (Å²) in [5, 5.41) is 5.30. The Hall–Kier alpha value is -1.66. The van der Waals surface area contributed by atoms with Crippen LogP contribution in [0.4, 0.5) is 0 Å². The standard InChI is InChI=1S/C15H21N3O2S/c1-4-15(16,5-2)9-17-13(19)11-8-21-14(18-11)12-7-6-10(3)20-12/h6-8H,4-5,9,16H2,1-3H3,(H,17,19). The Morgan fingerprint density at radius 2 is 2.14 bits per heavy atom. The highest BCUT2D eigenvalue weighted by atomic mass is 32.1. The lowest BCUT2D eigenvalue weighted by molar-refractivity contribution is 0.0938. The molecular formula is C15H21N3O2S. The third-order valence-electron chi connectivity index (χ3n) is 3.70. The summed E-state index contributed by atoms with van der Waals surface area (Å²) < 4.78 is 5.51. The maximum atomic E-state index is 12.1. The number of aryl methyl sites for hydroxylation is 1. The molecule has 0 aliphatic heterocycles. The zero-order chi connectivity index (χ0) is 15.5. The van der Waals surface area contributed by atoms with Crippen LogP contribution in [-0.4, -0.2) is 23.0 Å². The Kier molecular flexibility index (Phi) is 4.80. The molecule has 0 saturated carbocycles. The van der Waals surface area contributed by atoms with Gasteiger partial charge < -0.3 is 15.5 Å². The number of carbonyl (C=O) groups is 1. The zero-order valence-corrected chi connectivity index (χ0v) is 13.4. The average molecular weight is 307 g/mol. The van der Waals surface area contributed by atoms with E-state index < -0.39 is 0 Å². The second-order valence-corrected chi connectivity index (χ2v) is 6.06. The van der Waals surface area contributed by atoms with Crippen LogP contribution in [0.15, 0.2) is 21.9 Å². The maximum Gasteiger partial charge on any atom is 0.270 e. The summed E-state index contributed by atoms with van der Waals surface area (Å²) in [4.78, 5) is 16.4. The lowest BCUT2D eigenvalue weighted by Gasteiger charge is -2.26. The monoisotopic (exact) mass is 307 g/mol. The minimum absolute atomic E-state index is 0.197. The van der Waals surface area contributed by atoms with Crippen LogP contribution in [0.25, 0.3) is 10.8 Å². The van der Waals surface area contributed by atoms with E-state index in [4.69, 9.17) is 10.2 Å². The predicted octanol–water partition coefficient (Wildman–Crippen LogP) is 2.96. The number of nitrogens with one attached hydrogen (secondary N) is 1. The van der Waals surface area contributed by atoms with Crippen LogP contribution < -0.4 is 11.1 Å². The molecule has 1 amide bonds. The first-order chi connectivity index (χ1) is 9.97. The lowest BCUT2D eigenvalue weighted by atomic mass is 9.94. The van der Waals surface area contributed by atoms with Gasteiger partial charge in [0.2, 0.25) is 0 Å². The highest BCUT2D eigenvalue weighted by Crippen LogP contribution is 2.25. The second-order valence-electron chi connectivity index (χ2n) is 5.20. The van der Waals surface area contributed by atoms with Gasteiger partial charge in [-0.2, -0.15) is 0 Å². The van der Waals surface area contributed by atoms with Crippen LogP contribution in [-0.2, 0) is 0 Å². The molecule has 0 radical (unpaired) electrons. The molecule has 0 saturated heterocycles. The molecule has 0 fully saturated rings. The molecule has 2 aromatic rings. The SMILES string of the molecule is CCC(N)(CC)CNC(=O)c1csc(-c2ccc(C)o2)n1.